The Morgan fingerprint density at radius 1 is 1.08 bits per heavy atom. The largest absolute Gasteiger partial charge is 0.365 e. The molecule has 26 heavy (non-hydrogen) atoms. The number of primary amides is 2. The normalized spacial score (nSPS) is 10.5. The van der Waals surface area contributed by atoms with Crippen molar-refractivity contribution in [2.24, 2.45) is 11.5 Å². The summed E-state index contributed by atoms with van der Waals surface area (Å²) >= 11 is 0. The Labute approximate surface area is 148 Å². The molecular formula is C18H16FN5O2. The number of nitrogens with zero attached hydrogens (tertiary/aromatic N) is 2. The Morgan fingerprint density at radius 3 is 2.31 bits per heavy atom. The number of hydrogen-bond acceptors (Lipinski definition) is 3. The highest BCUT2D eigenvalue weighted by atomic mass is 19.1. The van der Waals surface area contributed by atoms with Crippen LogP contribution in [0.4, 0.5) is 15.0 Å². The van der Waals surface area contributed by atoms with Crippen molar-refractivity contribution in [1.29, 1.82) is 0 Å². The van der Waals surface area contributed by atoms with Gasteiger partial charge in [0.2, 0.25) is 0 Å². The summed E-state index contributed by atoms with van der Waals surface area (Å²) < 4.78 is 14.8. The van der Waals surface area contributed by atoms with Gasteiger partial charge < -0.3 is 11.5 Å². The molecule has 132 valence electrons. The van der Waals surface area contributed by atoms with Gasteiger partial charge >= 0.3 is 6.03 Å². The number of carbonyl (C=O) groups is 2. The second-order valence-corrected chi connectivity index (χ2v) is 5.70. The predicted octanol–water partition coefficient (Wildman–Crippen LogP) is 2.58. The molecule has 0 unspecified atom stereocenters. The standard InChI is InChI=1S/C18H16FN5O2/c1-10-8-12(4-7-15(10)19)11-2-5-13(6-3-11)24-9-14(16(20)25)17(23-24)22-18(21)26/h2-9H,1H3,(H2,20,25)(H3,21,22,23,26). The molecule has 0 aliphatic carbocycles. The highest BCUT2D eigenvalue weighted by Crippen LogP contribution is 2.24. The highest BCUT2D eigenvalue weighted by molar-refractivity contribution is 6.01. The molecule has 0 spiro atoms. The van der Waals surface area contributed by atoms with Crippen molar-refractivity contribution in [3.8, 4) is 16.8 Å². The van der Waals surface area contributed by atoms with Crippen LogP contribution in [-0.4, -0.2) is 21.7 Å². The molecule has 0 bridgehead atoms. The van der Waals surface area contributed by atoms with E-state index in [1.165, 1.54) is 16.9 Å². The van der Waals surface area contributed by atoms with Gasteiger partial charge in [0.1, 0.15) is 11.4 Å². The van der Waals surface area contributed by atoms with Gasteiger partial charge in [-0.1, -0.05) is 18.2 Å². The van der Waals surface area contributed by atoms with E-state index in [-0.39, 0.29) is 17.2 Å². The maximum atomic E-state index is 13.4. The second kappa shape index (κ2) is 6.67. The predicted molar refractivity (Wildman–Crippen MR) is 95.4 cm³/mol. The van der Waals surface area contributed by atoms with Gasteiger partial charge in [0, 0.05) is 6.20 Å². The minimum atomic E-state index is -0.847. The lowest BCUT2D eigenvalue weighted by Crippen LogP contribution is -2.22. The van der Waals surface area contributed by atoms with Crippen LogP contribution in [0.5, 0.6) is 0 Å². The number of rotatable bonds is 4. The first kappa shape index (κ1) is 17.2. The average Bonchev–Trinajstić information content (AvgIpc) is 3.01. The summed E-state index contributed by atoms with van der Waals surface area (Å²) in [4.78, 5) is 22.5. The summed E-state index contributed by atoms with van der Waals surface area (Å²) in [5, 5.41) is 6.39. The molecule has 3 rings (SSSR count). The fourth-order valence-corrected chi connectivity index (χ4v) is 2.53. The highest BCUT2D eigenvalue weighted by Gasteiger charge is 2.16. The van der Waals surface area contributed by atoms with Crippen LogP contribution in [0, 0.1) is 12.7 Å². The third-order valence-corrected chi connectivity index (χ3v) is 3.84. The number of anilines is 1. The molecule has 3 amide bonds. The number of nitrogens with one attached hydrogen (secondary N) is 1. The molecule has 0 fully saturated rings. The third kappa shape index (κ3) is 3.39. The second-order valence-electron chi connectivity index (χ2n) is 5.70. The Bertz CT molecular complexity index is 995. The summed E-state index contributed by atoms with van der Waals surface area (Å²) in [6, 6.07) is 11.3. The van der Waals surface area contributed by atoms with E-state index < -0.39 is 11.9 Å². The van der Waals surface area contributed by atoms with E-state index in [9.17, 15) is 14.0 Å². The third-order valence-electron chi connectivity index (χ3n) is 3.84. The van der Waals surface area contributed by atoms with Gasteiger partial charge in [-0.3, -0.25) is 10.1 Å². The lowest BCUT2D eigenvalue weighted by atomic mass is 10.0. The van der Waals surface area contributed by atoms with E-state index in [1.807, 2.05) is 12.1 Å². The maximum Gasteiger partial charge on any atom is 0.317 e. The number of benzene rings is 2. The lowest BCUT2D eigenvalue weighted by Gasteiger charge is -2.06. The van der Waals surface area contributed by atoms with E-state index in [1.54, 1.807) is 31.2 Å². The van der Waals surface area contributed by atoms with Crippen LogP contribution in [-0.2, 0) is 0 Å². The molecular weight excluding hydrogens is 337 g/mol. The number of carbonyl (C=O) groups excluding carboxylic acids is 2. The molecule has 0 saturated carbocycles. The molecule has 2 aromatic carbocycles. The van der Waals surface area contributed by atoms with Crippen molar-refractivity contribution in [2.45, 2.75) is 6.92 Å². The first-order valence-electron chi connectivity index (χ1n) is 7.68. The van der Waals surface area contributed by atoms with Gasteiger partial charge in [-0.25, -0.2) is 13.9 Å². The molecule has 5 N–H and O–H groups in total. The van der Waals surface area contributed by atoms with Crippen molar-refractivity contribution in [3.63, 3.8) is 0 Å². The summed E-state index contributed by atoms with van der Waals surface area (Å²) in [7, 11) is 0. The summed E-state index contributed by atoms with van der Waals surface area (Å²) in [6.07, 6.45) is 1.41. The number of halogens is 1. The van der Waals surface area contributed by atoms with Crippen molar-refractivity contribution in [1.82, 2.24) is 9.78 Å². The molecule has 0 radical (unpaired) electrons. The minimum absolute atomic E-state index is 0.0109. The number of amides is 3. The maximum absolute atomic E-state index is 13.4. The summed E-state index contributed by atoms with van der Waals surface area (Å²) in [5.74, 6) is -1.00. The fraction of sp³-hybridized carbons (Fsp3) is 0.0556. The number of hydrogen-bond donors (Lipinski definition) is 3. The van der Waals surface area contributed by atoms with Crippen molar-refractivity contribution in [2.75, 3.05) is 5.32 Å². The lowest BCUT2D eigenvalue weighted by molar-refractivity contribution is 0.100. The summed E-state index contributed by atoms with van der Waals surface area (Å²) in [5.41, 5.74) is 13.4. The molecule has 8 heteroatoms. The van der Waals surface area contributed by atoms with Gasteiger partial charge in [-0.2, -0.15) is 0 Å². The monoisotopic (exact) mass is 353 g/mol. The Balaban J connectivity index is 1.94. The average molecular weight is 353 g/mol. The number of aryl methyl sites for hydroxylation is 1. The SMILES string of the molecule is Cc1cc(-c2ccc(-n3cc(C(N)=O)c(NC(N)=O)n3)cc2)ccc1F. The Kier molecular flexibility index (Phi) is 4.40. The number of urea groups is 1. The van der Waals surface area contributed by atoms with Gasteiger partial charge in [0.25, 0.3) is 5.91 Å². The van der Waals surface area contributed by atoms with Crippen molar-refractivity contribution in [3.05, 3.63) is 65.6 Å². The van der Waals surface area contributed by atoms with Crippen LogP contribution in [0.15, 0.2) is 48.7 Å². The van der Waals surface area contributed by atoms with E-state index in [0.29, 0.717) is 11.3 Å². The topological polar surface area (TPSA) is 116 Å². The van der Waals surface area contributed by atoms with Crippen LogP contribution in [0.25, 0.3) is 16.8 Å². The zero-order valence-electron chi connectivity index (χ0n) is 13.9. The molecule has 0 saturated heterocycles. The van der Waals surface area contributed by atoms with E-state index in [0.717, 1.165) is 11.1 Å². The zero-order chi connectivity index (χ0) is 18.8. The van der Waals surface area contributed by atoms with E-state index in [2.05, 4.69) is 10.4 Å². The van der Waals surface area contributed by atoms with Crippen molar-refractivity contribution < 1.29 is 14.0 Å². The fourth-order valence-electron chi connectivity index (χ4n) is 2.53. The molecule has 0 aliphatic heterocycles. The molecule has 1 heterocycles. The van der Waals surface area contributed by atoms with Crippen LogP contribution < -0.4 is 16.8 Å². The smallest absolute Gasteiger partial charge is 0.317 e. The Hall–Kier alpha value is -3.68. The van der Waals surface area contributed by atoms with Crippen molar-refractivity contribution >= 4 is 17.8 Å². The minimum Gasteiger partial charge on any atom is -0.365 e. The van der Waals surface area contributed by atoms with Gasteiger partial charge in [-0.15, -0.1) is 5.10 Å². The van der Waals surface area contributed by atoms with Gasteiger partial charge in [-0.05, 0) is 47.9 Å². The first-order valence-corrected chi connectivity index (χ1v) is 7.68. The van der Waals surface area contributed by atoms with Gasteiger partial charge in [0.05, 0.1) is 5.69 Å². The number of nitrogens with two attached hydrogens (primary N) is 2. The molecule has 0 atom stereocenters. The van der Waals surface area contributed by atoms with Crippen LogP contribution >= 0.6 is 0 Å². The Morgan fingerprint density at radius 2 is 1.73 bits per heavy atom. The molecule has 7 nitrogen and oxygen atoms in total. The summed E-state index contributed by atoms with van der Waals surface area (Å²) in [6.45, 7) is 1.70. The van der Waals surface area contributed by atoms with Gasteiger partial charge in [0.15, 0.2) is 5.82 Å². The first-order chi connectivity index (χ1) is 12.3. The van der Waals surface area contributed by atoms with Crippen LogP contribution in [0.3, 0.4) is 0 Å². The van der Waals surface area contributed by atoms with E-state index in [4.69, 9.17) is 11.5 Å². The molecule has 1 aromatic heterocycles. The zero-order valence-corrected chi connectivity index (χ0v) is 13.9. The quantitative estimate of drug-likeness (QED) is 0.669. The van der Waals surface area contributed by atoms with Crippen LogP contribution in [0.1, 0.15) is 15.9 Å². The number of aromatic nitrogens is 2. The molecule has 0 aliphatic rings. The molecule has 3 aromatic rings. The van der Waals surface area contributed by atoms with E-state index >= 15 is 0 Å². The van der Waals surface area contributed by atoms with Crippen LogP contribution in [0.2, 0.25) is 0 Å².